The molecule has 6 nitrogen and oxygen atoms in total. The third-order valence-electron chi connectivity index (χ3n) is 2.82. The van der Waals surface area contributed by atoms with Crippen LogP contribution in [0.1, 0.15) is 16.1 Å². The van der Waals surface area contributed by atoms with Crippen molar-refractivity contribution in [2.75, 3.05) is 13.7 Å². The Kier molecular flexibility index (Phi) is 5.48. The highest BCUT2D eigenvalue weighted by Gasteiger charge is 2.08. The van der Waals surface area contributed by atoms with Crippen molar-refractivity contribution < 1.29 is 19.1 Å². The molecular weight excluding hydrogens is 284 g/mol. The Morgan fingerprint density at radius 3 is 2.68 bits per heavy atom. The second kappa shape index (κ2) is 7.78. The molecule has 114 valence electrons. The van der Waals surface area contributed by atoms with Crippen molar-refractivity contribution >= 4 is 11.9 Å². The normalized spacial score (nSPS) is 9.86. The third-order valence-corrected chi connectivity index (χ3v) is 2.82. The molecule has 1 aromatic carbocycles. The molecular formula is C16H16N2O4. The number of carbonyl (C=O) groups is 2. The molecule has 0 atom stereocenters. The van der Waals surface area contributed by atoms with E-state index < -0.39 is 5.97 Å². The van der Waals surface area contributed by atoms with Crippen LogP contribution in [0.5, 0.6) is 5.75 Å². The van der Waals surface area contributed by atoms with Crippen molar-refractivity contribution in [3.63, 3.8) is 0 Å². The van der Waals surface area contributed by atoms with Gasteiger partial charge in [-0.3, -0.25) is 9.78 Å². The lowest BCUT2D eigenvalue weighted by Gasteiger charge is -2.07. The Bertz CT molecular complexity index is 644. The van der Waals surface area contributed by atoms with Gasteiger partial charge in [-0.2, -0.15) is 0 Å². The van der Waals surface area contributed by atoms with E-state index in [1.165, 1.54) is 13.3 Å². The summed E-state index contributed by atoms with van der Waals surface area (Å²) in [7, 11) is 1.31. The molecule has 1 amide bonds. The number of benzene rings is 1. The van der Waals surface area contributed by atoms with Crippen LogP contribution in [0.15, 0.2) is 48.7 Å². The third kappa shape index (κ3) is 4.59. The second-order valence-electron chi connectivity index (χ2n) is 4.41. The first-order valence-corrected chi connectivity index (χ1v) is 6.67. The first-order chi connectivity index (χ1) is 10.7. The van der Waals surface area contributed by atoms with Gasteiger partial charge in [0.2, 0.25) is 0 Å². The summed E-state index contributed by atoms with van der Waals surface area (Å²) in [5.74, 6) is -0.0834. The Balaban J connectivity index is 1.82. The number of aromatic nitrogens is 1. The molecule has 0 fully saturated rings. The summed E-state index contributed by atoms with van der Waals surface area (Å²) in [6.07, 6.45) is 1.49. The molecule has 0 spiro atoms. The lowest BCUT2D eigenvalue weighted by Crippen LogP contribution is -2.28. The highest BCUT2D eigenvalue weighted by Crippen LogP contribution is 2.07. The molecule has 0 unspecified atom stereocenters. The molecule has 0 aliphatic rings. The van der Waals surface area contributed by atoms with Crippen LogP contribution in [0.4, 0.5) is 0 Å². The smallest absolute Gasteiger partial charge is 0.337 e. The average Bonchev–Trinajstić information content (AvgIpc) is 2.58. The zero-order chi connectivity index (χ0) is 15.8. The van der Waals surface area contributed by atoms with Gasteiger partial charge >= 0.3 is 5.97 Å². The summed E-state index contributed by atoms with van der Waals surface area (Å²) in [4.78, 5) is 27.2. The molecule has 0 aliphatic carbocycles. The number of amides is 1. The van der Waals surface area contributed by atoms with E-state index in [2.05, 4.69) is 15.0 Å². The Morgan fingerprint density at radius 2 is 1.95 bits per heavy atom. The Labute approximate surface area is 128 Å². The number of nitrogens with zero attached hydrogens (tertiary/aromatic N) is 1. The van der Waals surface area contributed by atoms with Crippen molar-refractivity contribution in [2.45, 2.75) is 6.54 Å². The number of hydrogen-bond donors (Lipinski definition) is 1. The van der Waals surface area contributed by atoms with Crippen LogP contribution in [-0.4, -0.2) is 30.6 Å². The van der Waals surface area contributed by atoms with Gasteiger partial charge in [0.1, 0.15) is 5.75 Å². The SMILES string of the molecule is COC(=O)c1ccnc(CNC(=O)COc2ccccc2)c1. The fraction of sp³-hybridized carbons (Fsp3) is 0.188. The van der Waals surface area contributed by atoms with Crippen molar-refractivity contribution in [1.82, 2.24) is 10.3 Å². The van der Waals surface area contributed by atoms with Crippen molar-refractivity contribution in [3.05, 3.63) is 59.9 Å². The van der Waals surface area contributed by atoms with Gasteiger partial charge in [0.05, 0.1) is 24.9 Å². The van der Waals surface area contributed by atoms with Crippen LogP contribution < -0.4 is 10.1 Å². The van der Waals surface area contributed by atoms with E-state index in [-0.39, 0.29) is 19.1 Å². The lowest BCUT2D eigenvalue weighted by molar-refractivity contribution is -0.123. The predicted molar refractivity (Wildman–Crippen MR) is 79.4 cm³/mol. The standard InChI is InChI=1S/C16H16N2O4/c1-21-16(20)12-7-8-17-13(9-12)10-18-15(19)11-22-14-5-3-2-4-6-14/h2-9H,10-11H2,1H3,(H,18,19). The van der Waals surface area contributed by atoms with Crippen molar-refractivity contribution in [2.24, 2.45) is 0 Å². The van der Waals surface area contributed by atoms with Crippen LogP contribution >= 0.6 is 0 Å². The number of pyridine rings is 1. The first-order valence-electron chi connectivity index (χ1n) is 6.67. The predicted octanol–water partition coefficient (Wildman–Crippen LogP) is 1.56. The number of nitrogens with one attached hydrogen (secondary N) is 1. The van der Waals surface area contributed by atoms with Crippen molar-refractivity contribution in [1.29, 1.82) is 0 Å². The number of esters is 1. The largest absolute Gasteiger partial charge is 0.484 e. The number of methoxy groups -OCH3 is 1. The molecule has 2 aromatic rings. The van der Waals surface area contributed by atoms with Crippen LogP contribution in [0.3, 0.4) is 0 Å². The number of carbonyl (C=O) groups excluding carboxylic acids is 2. The molecule has 0 saturated carbocycles. The number of ether oxygens (including phenoxy) is 2. The van der Waals surface area contributed by atoms with Crippen LogP contribution in [0, 0.1) is 0 Å². The Hall–Kier alpha value is -2.89. The van der Waals surface area contributed by atoms with E-state index in [9.17, 15) is 9.59 Å². The Morgan fingerprint density at radius 1 is 1.18 bits per heavy atom. The van der Waals surface area contributed by atoms with Gasteiger partial charge in [0.15, 0.2) is 6.61 Å². The minimum atomic E-state index is -0.442. The van der Waals surface area contributed by atoms with Crippen molar-refractivity contribution in [3.8, 4) is 5.75 Å². The molecule has 0 bridgehead atoms. The number of para-hydroxylation sites is 1. The van der Waals surface area contributed by atoms with Gasteiger partial charge in [-0.25, -0.2) is 4.79 Å². The molecule has 6 heteroatoms. The number of rotatable bonds is 6. The summed E-state index contributed by atoms with van der Waals surface area (Å²) < 4.78 is 9.96. The van der Waals surface area contributed by atoms with Crippen LogP contribution in [-0.2, 0) is 16.1 Å². The van der Waals surface area contributed by atoms with Gasteiger partial charge in [-0.15, -0.1) is 0 Å². The maximum atomic E-state index is 11.7. The minimum absolute atomic E-state index is 0.0826. The molecule has 1 N–H and O–H groups in total. The molecule has 2 rings (SSSR count). The van der Waals surface area contributed by atoms with E-state index in [1.54, 1.807) is 24.3 Å². The maximum absolute atomic E-state index is 11.7. The average molecular weight is 300 g/mol. The molecule has 22 heavy (non-hydrogen) atoms. The van der Waals surface area contributed by atoms with E-state index in [4.69, 9.17) is 4.74 Å². The summed E-state index contributed by atoms with van der Waals surface area (Å²) in [6.45, 7) is 0.128. The fourth-order valence-electron chi connectivity index (χ4n) is 1.73. The highest BCUT2D eigenvalue weighted by atomic mass is 16.5. The van der Waals surface area contributed by atoms with Crippen LogP contribution in [0.25, 0.3) is 0 Å². The van der Waals surface area contributed by atoms with E-state index in [1.807, 2.05) is 18.2 Å². The lowest BCUT2D eigenvalue weighted by atomic mass is 10.2. The second-order valence-corrected chi connectivity index (χ2v) is 4.41. The highest BCUT2D eigenvalue weighted by molar-refractivity contribution is 5.89. The molecule has 1 heterocycles. The zero-order valence-electron chi connectivity index (χ0n) is 12.1. The zero-order valence-corrected chi connectivity index (χ0v) is 12.1. The summed E-state index contributed by atoms with van der Waals surface area (Å²) in [6, 6.07) is 12.2. The molecule has 0 aliphatic heterocycles. The number of hydrogen-bond acceptors (Lipinski definition) is 5. The summed E-state index contributed by atoms with van der Waals surface area (Å²) in [5, 5.41) is 2.67. The monoisotopic (exact) mass is 300 g/mol. The fourth-order valence-corrected chi connectivity index (χ4v) is 1.73. The van der Waals surface area contributed by atoms with Gasteiger partial charge in [-0.1, -0.05) is 18.2 Å². The van der Waals surface area contributed by atoms with Crippen LogP contribution in [0.2, 0.25) is 0 Å². The quantitative estimate of drug-likeness (QED) is 0.819. The molecule has 0 saturated heterocycles. The van der Waals surface area contributed by atoms with E-state index >= 15 is 0 Å². The first kappa shape index (κ1) is 15.5. The molecule has 0 radical (unpaired) electrons. The van der Waals surface area contributed by atoms with E-state index in [0.717, 1.165) is 0 Å². The van der Waals surface area contributed by atoms with Gasteiger partial charge < -0.3 is 14.8 Å². The van der Waals surface area contributed by atoms with E-state index in [0.29, 0.717) is 17.0 Å². The van der Waals surface area contributed by atoms with Gasteiger partial charge in [-0.05, 0) is 24.3 Å². The summed E-state index contributed by atoms with van der Waals surface area (Å²) >= 11 is 0. The summed E-state index contributed by atoms with van der Waals surface area (Å²) in [5.41, 5.74) is 0.957. The maximum Gasteiger partial charge on any atom is 0.337 e. The molecule has 1 aromatic heterocycles. The van der Waals surface area contributed by atoms with Gasteiger partial charge in [0, 0.05) is 6.20 Å². The topological polar surface area (TPSA) is 77.5 Å². The minimum Gasteiger partial charge on any atom is -0.484 e. The van der Waals surface area contributed by atoms with Gasteiger partial charge in [0.25, 0.3) is 5.91 Å².